The van der Waals surface area contributed by atoms with Crippen LogP contribution >= 0.6 is 7.75 Å². The molecule has 0 aromatic rings. The van der Waals surface area contributed by atoms with Gasteiger partial charge < -0.3 is 34.7 Å². The summed E-state index contributed by atoms with van der Waals surface area (Å²) in [5.41, 5.74) is 6.08. The minimum absolute atomic E-state index is 0.158. The first-order valence-electron chi connectivity index (χ1n) is 14.4. The lowest BCUT2D eigenvalue weighted by molar-refractivity contribution is -0.143. The first-order chi connectivity index (χ1) is 19.6. The van der Waals surface area contributed by atoms with Crippen molar-refractivity contribution < 1.29 is 52.1 Å². The van der Waals surface area contributed by atoms with E-state index in [4.69, 9.17) is 33.7 Å². The second kappa shape index (κ2) is 21.2. The van der Waals surface area contributed by atoms with E-state index < -0.39 is 32.1 Å². The van der Waals surface area contributed by atoms with Gasteiger partial charge in [0.2, 0.25) is 5.96 Å². The van der Waals surface area contributed by atoms with Crippen LogP contribution in [-0.4, -0.2) is 87.0 Å². The Labute approximate surface area is 242 Å². The zero-order valence-corrected chi connectivity index (χ0v) is 25.5. The van der Waals surface area contributed by atoms with Crippen LogP contribution in [0.3, 0.4) is 0 Å². The van der Waals surface area contributed by atoms with Gasteiger partial charge in [-0.3, -0.25) is 9.05 Å². The Kier molecular flexibility index (Phi) is 18.8. The fourth-order valence-electron chi connectivity index (χ4n) is 4.22. The maximum absolute atomic E-state index is 13.4. The summed E-state index contributed by atoms with van der Waals surface area (Å²) in [6.07, 6.45) is 7.68. The monoisotopic (exact) mass is 609 g/mol. The van der Waals surface area contributed by atoms with Crippen LogP contribution in [-0.2, 0) is 37.4 Å². The first-order valence-corrected chi connectivity index (χ1v) is 15.9. The van der Waals surface area contributed by atoms with Gasteiger partial charge in [0.1, 0.15) is 19.3 Å². The number of rotatable bonds is 20. The molecule has 0 spiro atoms. The number of unbranched alkanes of at least 4 members (excludes halogenated alkanes) is 4. The number of nitrogens with two attached hydrogens (primary N) is 1. The third-order valence-electron chi connectivity index (χ3n) is 6.40. The molecular formula is C26H48N3O11P. The SMILES string of the molecule is CCCCCOC(=O)OCCOP(=O)(N=C(N)N(C)C(C(=O)O)C1CCCCC1)OCCOC(=O)OCCCCC. The lowest BCUT2D eigenvalue weighted by Crippen LogP contribution is -2.50. The van der Waals surface area contributed by atoms with Crippen LogP contribution in [0.5, 0.6) is 0 Å². The largest absolute Gasteiger partial charge is 0.508 e. The minimum Gasteiger partial charge on any atom is -0.480 e. The van der Waals surface area contributed by atoms with Gasteiger partial charge in [-0.1, -0.05) is 58.8 Å². The van der Waals surface area contributed by atoms with Gasteiger partial charge in [0.05, 0.1) is 26.4 Å². The molecule has 14 nitrogen and oxygen atoms in total. The topological polar surface area (TPSA) is 186 Å². The number of carboxylic acid groups (broad SMARTS) is 1. The highest BCUT2D eigenvalue weighted by Crippen LogP contribution is 2.50. The van der Waals surface area contributed by atoms with Crippen molar-refractivity contribution in [3.8, 4) is 0 Å². The van der Waals surface area contributed by atoms with Crippen LogP contribution in [0, 0.1) is 5.92 Å². The summed E-state index contributed by atoms with van der Waals surface area (Å²) >= 11 is 0. The molecule has 1 rings (SSSR count). The number of hydrogen-bond acceptors (Lipinski definition) is 10. The van der Waals surface area contributed by atoms with Crippen molar-refractivity contribution >= 4 is 32.0 Å². The number of likely N-dealkylation sites (N-methyl/N-ethyl adjacent to an activating group) is 1. The summed E-state index contributed by atoms with van der Waals surface area (Å²) in [5, 5.41) is 9.87. The molecule has 1 fully saturated rings. The number of hydrogen-bond donors (Lipinski definition) is 2. The lowest BCUT2D eigenvalue weighted by atomic mass is 9.83. The molecule has 1 atom stereocenters. The van der Waals surface area contributed by atoms with Crippen molar-refractivity contribution in [2.75, 3.05) is 46.7 Å². The molecule has 41 heavy (non-hydrogen) atoms. The highest BCUT2D eigenvalue weighted by atomic mass is 31.2. The molecule has 1 saturated carbocycles. The molecule has 0 aromatic heterocycles. The van der Waals surface area contributed by atoms with Gasteiger partial charge in [0, 0.05) is 7.05 Å². The molecule has 1 unspecified atom stereocenters. The van der Waals surface area contributed by atoms with E-state index in [2.05, 4.69) is 4.76 Å². The zero-order chi connectivity index (χ0) is 30.5. The van der Waals surface area contributed by atoms with Crippen LogP contribution in [0.15, 0.2) is 4.76 Å². The normalized spacial score (nSPS) is 15.1. The van der Waals surface area contributed by atoms with Crippen molar-refractivity contribution in [3.63, 3.8) is 0 Å². The van der Waals surface area contributed by atoms with Gasteiger partial charge in [0.15, 0.2) is 0 Å². The summed E-state index contributed by atoms with van der Waals surface area (Å²) in [6, 6.07) is -0.982. The predicted molar refractivity (Wildman–Crippen MR) is 151 cm³/mol. The number of ether oxygens (including phenoxy) is 4. The molecular weight excluding hydrogens is 561 g/mol. The number of guanidine groups is 1. The van der Waals surface area contributed by atoms with Gasteiger partial charge in [0.25, 0.3) is 0 Å². The van der Waals surface area contributed by atoms with Crippen molar-refractivity contribution in [1.82, 2.24) is 4.90 Å². The average molecular weight is 610 g/mol. The van der Waals surface area contributed by atoms with Crippen LogP contribution < -0.4 is 5.73 Å². The molecule has 1 aliphatic rings. The summed E-state index contributed by atoms with van der Waals surface area (Å²) in [7, 11) is -2.91. The van der Waals surface area contributed by atoms with E-state index in [0.717, 1.165) is 57.8 Å². The number of nitrogens with zero attached hydrogens (tertiary/aromatic N) is 2. The van der Waals surface area contributed by atoms with Crippen molar-refractivity contribution in [2.45, 2.75) is 90.5 Å². The van der Waals surface area contributed by atoms with E-state index in [1.54, 1.807) is 0 Å². The highest BCUT2D eigenvalue weighted by Gasteiger charge is 2.35. The van der Waals surface area contributed by atoms with E-state index in [-0.39, 0.29) is 51.5 Å². The summed E-state index contributed by atoms with van der Waals surface area (Å²) in [6.45, 7) is 3.09. The molecule has 0 heterocycles. The molecule has 238 valence electrons. The van der Waals surface area contributed by atoms with E-state index in [9.17, 15) is 24.1 Å². The molecule has 0 radical (unpaired) electrons. The third kappa shape index (κ3) is 15.9. The summed E-state index contributed by atoms with van der Waals surface area (Å²) in [5.74, 6) is -1.60. The van der Waals surface area contributed by atoms with Gasteiger partial charge in [-0.05, 0) is 31.6 Å². The van der Waals surface area contributed by atoms with Gasteiger partial charge in [-0.25, -0.2) is 18.9 Å². The first kappa shape index (κ1) is 36.5. The zero-order valence-electron chi connectivity index (χ0n) is 24.6. The average Bonchev–Trinajstić information content (AvgIpc) is 2.94. The van der Waals surface area contributed by atoms with Gasteiger partial charge in [-0.15, -0.1) is 4.76 Å². The number of aliphatic carboxylic acids is 1. The molecule has 0 aliphatic heterocycles. The molecule has 15 heteroatoms. The maximum atomic E-state index is 13.4. The molecule has 3 N–H and O–H groups in total. The Hall–Kier alpha value is -2.57. The van der Waals surface area contributed by atoms with E-state index in [1.165, 1.54) is 11.9 Å². The summed E-state index contributed by atoms with van der Waals surface area (Å²) < 4.78 is 47.7. The Morgan fingerprint density at radius 2 is 1.29 bits per heavy atom. The Balaban J connectivity index is 2.79. The quantitative estimate of drug-likeness (QED) is 0.0611. The van der Waals surface area contributed by atoms with Crippen molar-refractivity contribution in [3.05, 3.63) is 0 Å². The Morgan fingerprint density at radius 1 is 0.829 bits per heavy atom. The molecule has 1 aliphatic carbocycles. The van der Waals surface area contributed by atoms with Crippen molar-refractivity contribution in [1.29, 1.82) is 0 Å². The highest BCUT2D eigenvalue weighted by molar-refractivity contribution is 7.52. The minimum atomic E-state index is -4.36. The van der Waals surface area contributed by atoms with Crippen molar-refractivity contribution in [2.24, 2.45) is 16.4 Å². The Bertz CT molecular complexity index is 817. The van der Waals surface area contributed by atoms with E-state index in [1.807, 2.05) is 13.8 Å². The summed E-state index contributed by atoms with van der Waals surface area (Å²) in [4.78, 5) is 36.7. The number of carbonyl (C=O) groups excluding carboxylic acids is 2. The fourth-order valence-corrected chi connectivity index (χ4v) is 5.41. The van der Waals surface area contributed by atoms with Gasteiger partial charge in [-0.2, -0.15) is 0 Å². The molecule has 0 aromatic carbocycles. The number of carbonyl (C=O) groups is 3. The predicted octanol–water partition coefficient (Wildman–Crippen LogP) is 5.09. The third-order valence-corrected chi connectivity index (χ3v) is 7.87. The molecule has 0 amide bonds. The van der Waals surface area contributed by atoms with Crippen LogP contribution in [0.2, 0.25) is 0 Å². The van der Waals surface area contributed by atoms with Crippen LogP contribution in [0.4, 0.5) is 9.59 Å². The lowest BCUT2D eigenvalue weighted by Gasteiger charge is -2.34. The van der Waals surface area contributed by atoms with Crippen LogP contribution in [0.25, 0.3) is 0 Å². The van der Waals surface area contributed by atoms with E-state index in [0.29, 0.717) is 12.8 Å². The fraction of sp³-hybridized carbons (Fsp3) is 0.846. The number of carboxylic acids is 1. The standard InChI is InChI=1S/C26H48N3O11P/c1-4-6-11-15-35-25(32)37-17-19-39-41(34,40-20-18-38-26(33)36-16-12-7-5-2)28-24(27)29(3)22(23(30)31)21-13-9-8-10-14-21/h21-22H,4-20H2,1-3H3,(H,30,31)(H2,27,28,34). The molecule has 0 saturated heterocycles. The van der Waals surface area contributed by atoms with Gasteiger partial charge >= 0.3 is 26.0 Å². The Morgan fingerprint density at radius 3 is 1.73 bits per heavy atom. The smallest absolute Gasteiger partial charge is 0.480 e. The molecule has 0 bridgehead atoms. The van der Waals surface area contributed by atoms with Crippen LogP contribution in [0.1, 0.15) is 84.5 Å². The second-order valence-corrected chi connectivity index (χ2v) is 11.3. The maximum Gasteiger partial charge on any atom is 0.508 e. The second-order valence-electron chi connectivity index (χ2n) is 9.69. The van der Waals surface area contributed by atoms with E-state index >= 15 is 0 Å².